The molecule has 9 heteroatoms. The number of urea groups is 1. The average molecular weight is 312 g/mol. The monoisotopic (exact) mass is 312 g/mol. The van der Waals surface area contributed by atoms with E-state index in [0.29, 0.717) is 5.52 Å². The third-order valence-corrected chi connectivity index (χ3v) is 3.39. The Morgan fingerprint density at radius 1 is 1.18 bits per heavy atom. The van der Waals surface area contributed by atoms with Gasteiger partial charge in [-0.25, -0.2) is 9.78 Å². The third-order valence-electron chi connectivity index (χ3n) is 3.39. The van der Waals surface area contributed by atoms with E-state index in [2.05, 4.69) is 10.3 Å². The molecule has 1 aliphatic heterocycles. The third kappa shape index (κ3) is 2.38. The van der Waals surface area contributed by atoms with E-state index in [4.69, 9.17) is 0 Å². The maximum Gasteiger partial charge on any atom is 0.449 e. The molecule has 0 spiro atoms. The molecule has 1 N–H and O–H groups in total. The lowest BCUT2D eigenvalue weighted by atomic mass is 10.3. The molecule has 1 saturated heterocycles. The minimum absolute atomic E-state index is 0.129. The standard InChI is InChI=1S/C13H11F3N4O2/c14-13(15,16)11-18-8-3-1-2-4-9(8)19(11)5-6-20-10(21)7-17-12(20)22/h1-4H,5-7H2,(H,17,22). The van der Waals surface area contributed by atoms with Gasteiger partial charge in [-0.3, -0.25) is 9.69 Å². The highest BCUT2D eigenvalue weighted by molar-refractivity contribution is 6.01. The molecule has 0 aliphatic carbocycles. The molecule has 3 amide bonds. The van der Waals surface area contributed by atoms with E-state index >= 15 is 0 Å². The van der Waals surface area contributed by atoms with E-state index < -0.39 is 23.9 Å². The van der Waals surface area contributed by atoms with Gasteiger partial charge in [0.2, 0.25) is 11.7 Å². The molecular weight excluding hydrogens is 301 g/mol. The maximum absolute atomic E-state index is 13.1. The fourth-order valence-electron chi connectivity index (χ4n) is 2.40. The number of nitrogens with one attached hydrogen (secondary N) is 1. The summed E-state index contributed by atoms with van der Waals surface area (Å²) in [6.45, 7) is -0.446. The molecule has 1 aromatic heterocycles. The topological polar surface area (TPSA) is 67.2 Å². The van der Waals surface area contributed by atoms with Crippen molar-refractivity contribution in [3.05, 3.63) is 30.1 Å². The Kier molecular flexibility index (Phi) is 3.27. The summed E-state index contributed by atoms with van der Waals surface area (Å²) in [6, 6.07) is 5.60. The van der Waals surface area contributed by atoms with Crippen LogP contribution in [0.15, 0.2) is 24.3 Å². The minimum Gasteiger partial charge on any atom is -0.329 e. The van der Waals surface area contributed by atoms with Gasteiger partial charge in [0.15, 0.2) is 0 Å². The second-order valence-electron chi connectivity index (χ2n) is 4.78. The number of nitrogens with zero attached hydrogens (tertiary/aromatic N) is 3. The van der Waals surface area contributed by atoms with Gasteiger partial charge in [0.05, 0.1) is 17.6 Å². The van der Waals surface area contributed by atoms with Crippen molar-refractivity contribution in [1.29, 1.82) is 0 Å². The second-order valence-corrected chi connectivity index (χ2v) is 4.78. The van der Waals surface area contributed by atoms with Crippen molar-refractivity contribution in [2.24, 2.45) is 0 Å². The molecule has 0 saturated carbocycles. The Morgan fingerprint density at radius 2 is 1.91 bits per heavy atom. The molecule has 1 aromatic carbocycles. The van der Waals surface area contributed by atoms with E-state index in [-0.39, 0.29) is 25.2 Å². The number of para-hydroxylation sites is 2. The predicted octanol–water partition coefficient (Wildman–Crippen LogP) is 1.61. The van der Waals surface area contributed by atoms with Gasteiger partial charge in [0, 0.05) is 13.1 Å². The van der Waals surface area contributed by atoms with Gasteiger partial charge >= 0.3 is 12.2 Å². The zero-order valence-electron chi connectivity index (χ0n) is 11.2. The van der Waals surface area contributed by atoms with Gasteiger partial charge in [-0.1, -0.05) is 12.1 Å². The van der Waals surface area contributed by atoms with E-state index in [1.54, 1.807) is 12.1 Å². The van der Waals surface area contributed by atoms with Crippen LogP contribution in [0.2, 0.25) is 0 Å². The molecule has 116 valence electrons. The summed E-state index contributed by atoms with van der Waals surface area (Å²) in [6.07, 6.45) is -4.61. The molecule has 0 unspecified atom stereocenters. The summed E-state index contributed by atoms with van der Waals surface area (Å²) in [5.41, 5.74) is 0.522. The van der Waals surface area contributed by atoms with Crippen molar-refractivity contribution >= 4 is 23.0 Å². The Labute approximate surface area is 122 Å². The van der Waals surface area contributed by atoms with Crippen LogP contribution in [-0.4, -0.2) is 39.5 Å². The molecule has 2 aromatic rings. The summed E-state index contributed by atoms with van der Waals surface area (Å²) >= 11 is 0. The number of alkyl halides is 3. The number of hydrogen-bond acceptors (Lipinski definition) is 3. The lowest BCUT2D eigenvalue weighted by Gasteiger charge is -2.15. The van der Waals surface area contributed by atoms with Crippen LogP contribution in [0, 0.1) is 0 Å². The number of fused-ring (bicyclic) bond motifs is 1. The fraction of sp³-hybridized carbons (Fsp3) is 0.308. The number of carbonyl (C=O) groups excluding carboxylic acids is 2. The number of aromatic nitrogens is 2. The average Bonchev–Trinajstić information content (AvgIpc) is 2.98. The first kappa shape index (κ1) is 14.4. The molecule has 0 radical (unpaired) electrons. The van der Waals surface area contributed by atoms with Crippen molar-refractivity contribution in [3.63, 3.8) is 0 Å². The number of imide groups is 1. The summed E-state index contributed by atoms with van der Waals surface area (Å²) < 4.78 is 40.3. The summed E-state index contributed by atoms with van der Waals surface area (Å²) in [4.78, 5) is 27.4. The maximum atomic E-state index is 13.1. The quantitative estimate of drug-likeness (QED) is 0.876. The summed E-state index contributed by atoms with van der Waals surface area (Å²) in [7, 11) is 0. The van der Waals surface area contributed by atoms with Gasteiger partial charge in [-0.15, -0.1) is 0 Å². The van der Waals surface area contributed by atoms with E-state index in [9.17, 15) is 22.8 Å². The predicted molar refractivity (Wildman–Crippen MR) is 69.8 cm³/mol. The Morgan fingerprint density at radius 3 is 2.55 bits per heavy atom. The summed E-state index contributed by atoms with van der Waals surface area (Å²) in [5.74, 6) is -1.50. The van der Waals surface area contributed by atoms with E-state index in [1.807, 2.05) is 0 Å². The number of halogens is 3. The van der Waals surface area contributed by atoms with E-state index in [0.717, 1.165) is 9.47 Å². The highest BCUT2D eigenvalue weighted by Crippen LogP contribution is 2.31. The number of benzene rings is 1. The van der Waals surface area contributed by atoms with Crippen molar-refractivity contribution in [2.45, 2.75) is 12.7 Å². The van der Waals surface area contributed by atoms with Gasteiger partial charge in [0.25, 0.3) is 0 Å². The van der Waals surface area contributed by atoms with Crippen LogP contribution in [0.3, 0.4) is 0 Å². The van der Waals surface area contributed by atoms with Crippen molar-refractivity contribution in [1.82, 2.24) is 19.8 Å². The van der Waals surface area contributed by atoms with Gasteiger partial charge in [-0.2, -0.15) is 13.2 Å². The molecule has 1 fully saturated rings. The van der Waals surface area contributed by atoms with Crippen LogP contribution in [0.4, 0.5) is 18.0 Å². The number of amides is 3. The molecule has 0 bridgehead atoms. The Balaban J connectivity index is 1.95. The molecule has 3 rings (SSSR count). The molecule has 0 atom stereocenters. The largest absolute Gasteiger partial charge is 0.449 e. The molecule has 2 heterocycles. The smallest absolute Gasteiger partial charge is 0.329 e. The normalized spacial score (nSPS) is 15.7. The molecule has 1 aliphatic rings. The first-order chi connectivity index (χ1) is 10.4. The number of carbonyl (C=O) groups is 2. The number of hydrogen-bond donors (Lipinski definition) is 1. The van der Waals surface area contributed by atoms with Crippen LogP contribution in [0.5, 0.6) is 0 Å². The molecule has 6 nitrogen and oxygen atoms in total. The zero-order chi connectivity index (χ0) is 15.9. The van der Waals surface area contributed by atoms with Gasteiger partial charge in [-0.05, 0) is 12.1 Å². The molecule has 22 heavy (non-hydrogen) atoms. The van der Waals surface area contributed by atoms with Crippen LogP contribution in [0.1, 0.15) is 5.82 Å². The summed E-state index contributed by atoms with van der Waals surface area (Å²) in [5, 5.41) is 2.32. The minimum atomic E-state index is -4.61. The zero-order valence-corrected chi connectivity index (χ0v) is 11.2. The SMILES string of the molecule is O=C1CNC(=O)N1CCn1c(C(F)(F)F)nc2ccccc21. The molecular formula is C13H11F3N4O2. The lowest BCUT2D eigenvalue weighted by molar-refractivity contribution is -0.147. The highest BCUT2D eigenvalue weighted by Gasteiger charge is 2.38. The first-order valence-electron chi connectivity index (χ1n) is 6.48. The van der Waals surface area contributed by atoms with E-state index in [1.165, 1.54) is 12.1 Å². The van der Waals surface area contributed by atoms with Crippen LogP contribution < -0.4 is 5.32 Å². The van der Waals surface area contributed by atoms with Crippen molar-refractivity contribution < 1.29 is 22.8 Å². The fourth-order valence-corrected chi connectivity index (χ4v) is 2.40. The lowest BCUT2D eigenvalue weighted by Crippen LogP contribution is -2.34. The number of imidazole rings is 1. The number of rotatable bonds is 3. The van der Waals surface area contributed by atoms with Crippen LogP contribution in [-0.2, 0) is 17.5 Å². The highest BCUT2D eigenvalue weighted by atomic mass is 19.4. The van der Waals surface area contributed by atoms with Crippen LogP contribution >= 0.6 is 0 Å². The van der Waals surface area contributed by atoms with Gasteiger partial charge in [0.1, 0.15) is 0 Å². The van der Waals surface area contributed by atoms with Crippen LogP contribution in [0.25, 0.3) is 11.0 Å². The Bertz CT molecular complexity index is 737. The van der Waals surface area contributed by atoms with Gasteiger partial charge < -0.3 is 9.88 Å². The second kappa shape index (κ2) is 5.00. The first-order valence-corrected chi connectivity index (χ1v) is 6.48. The Hall–Kier alpha value is -2.58. The van der Waals surface area contributed by atoms with Crippen molar-refractivity contribution in [2.75, 3.05) is 13.1 Å². The van der Waals surface area contributed by atoms with Crippen molar-refractivity contribution in [3.8, 4) is 0 Å².